The van der Waals surface area contributed by atoms with Crippen molar-refractivity contribution in [2.24, 2.45) is 0 Å². The molecule has 3 aromatic carbocycles. The smallest absolute Gasteiger partial charge is 0.295 e. The largest absolute Gasteiger partial charge is 0.507 e. The van der Waals surface area contributed by atoms with Gasteiger partial charge in [-0.3, -0.25) is 9.59 Å². The number of nitrogens with zero attached hydrogens (tertiary/aromatic N) is 1. The van der Waals surface area contributed by atoms with Crippen molar-refractivity contribution in [1.82, 2.24) is 4.90 Å². The standard InChI is InChI=1S/C29H29NO6/c1-34-17-9-16-30-26(25(28(32)29(30)33)27(31)21-12-7-4-8-13-21)22-14-15-23(24(18-22)35-2)36-19-20-10-5-3-6-11-20/h3-8,10-15,18,26,31H,9,16-17,19H2,1-2H3/b27-25+. The number of aliphatic hydroxyl groups is 1. The number of ether oxygens (including phenoxy) is 3. The molecule has 1 saturated heterocycles. The number of aliphatic hydroxyl groups excluding tert-OH is 1. The number of carbonyl (C=O) groups excluding carboxylic acids is 2. The predicted molar refractivity (Wildman–Crippen MR) is 136 cm³/mol. The van der Waals surface area contributed by atoms with Gasteiger partial charge in [-0.2, -0.15) is 0 Å². The minimum absolute atomic E-state index is 0.0450. The lowest BCUT2D eigenvalue weighted by Gasteiger charge is -2.26. The Kier molecular flexibility index (Phi) is 8.02. The van der Waals surface area contributed by atoms with Crippen LogP contribution in [0.3, 0.4) is 0 Å². The second-order valence-corrected chi connectivity index (χ2v) is 8.39. The maximum Gasteiger partial charge on any atom is 0.295 e. The molecule has 1 heterocycles. The summed E-state index contributed by atoms with van der Waals surface area (Å²) in [6, 6.07) is 23.0. The zero-order chi connectivity index (χ0) is 25.5. The van der Waals surface area contributed by atoms with Crippen LogP contribution in [0.5, 0.6) is 11.5 Å². The van der Waals surface area contributed by atoms with E-state index in [0.29, 0.717) is 48.8 Å². The first-order chi connectivity index (χ1) is 17.5. The number of methoxy groups -OCH3 is 2. The van der Waals surface area contributed by atoms with Crippen LogP contribution in [0.2, 0.25) is 0 Å². The molecular formula is C29H29NO6. The van der Waals surface area contributed by atoms with Crippen LogP contribution in [-0.2, 0) is 20.9 Å². The second kappa shape index (κ2) is 11.6. The Morgan fingerprint density at radius 1 is 0.917 bits per heavy atom. The highest BCUT2D eigenvalue weighted by Gasteiger charge is 2.46. The van der Waals surface area contributed by atoms with Crippen molar-refractivity contribution < 1.29 is 28.9 Å². The summed E-state index contributed by atoms with van der Waals surface area (Å²) >= 11 is 0. The van der Waals surface area contributed by atoms with E-state index in [2.05, 4.69) is 0 Å². The first kappa shape index (κ1) is 25.0. The molecule has 0 spiro atoms. The number of Topliss-reactive ketones (excluding diaryl/α,β-unsaturated/α-hetero) is 1. The molecule has 1 unspecified atom stereocenters. The number of carbonyl (C=O) groups is 2. The lowest BCUT2D eigenvalue weighted by molar-refractivity contribution is -0.140. The first-order valence-corrected chi connectivity index (χ1v) is 11.7. The summed E-state index contributed by atoms with van der Waals surface area (Å²) in [5.74, 6) is -0.592. The Hall–Kier alpha value is -4.10. The molecule has 1 aliphatic heterocycles. The molecule has 186 valence electrons. The van der Waals surface area contributed by atoms with Gasteiger partial charge in [0.25, 0.3) is 11.7 Å². The first-order valence-electron chi connectivity index (χ1n) is 11.7. The van der Waals surface area contributed by atoms with E-state index in [9.17, 15) is 14.7 Å². The van der Waals surface area contributed by atoms with Gasteiger partial charge in [0.2, 0.25) is 0 Å². The lowest BCUT2D eigenvalue weighted by Crippen LogP contribution is -2.31. The summed E-state index contributed by atoms with van der Waals surface area (Å²) in [5, 5.41) is 11.1. The molecule has 0 radical (unpaired) electrons. The molecule has 0 aliphatic carbocycles. The van der Waals surface area contributed by atoms with Gasteiger partial charge in [0, 0.05) is 25.8 Å². The lowest BCUT2D eigenvalue weighted by atomic mass is 9.95. The molecule has 1 fully saturated rings. The minimum atomic E-state index is -0.779. The molecule has 1 amide bonds. The Morgan fingerprint density at radius 3 is 2.28 bits per heavy atom. The molecule has 1 N–H and O–H groups in total. The fraction of sp³-hybridized carbons (Fsp3) is 0.241. The van der Waals surface area contributed by atoms with E-state index in [1.807, 2.05) is 36.4 Å². The molecule has 0 saturated carbocycles. The van der Waals surface area contributed by atoms with Crippen molar-refractivity contribution in [3.05, 3.63) is 101 Å². The number of amides is 1. The molecule has 1 aliphatic rings. The Labute approximate surface area is 210 Å². The van der Waals surface area contributed by atoms with Crippen LogP contribution in [0.15, 0.2) is 84.4 Å². The topological polar surface area (TPSA) is 85.3 Å². The van der Waals surface area contributed by atoms with Gasteiger partial charge in [0.1, 0.15) is 12.4 Å². The summed E-state index contributed by atoms with van der Waals surface area (Å²) in [6.45, 7) is 1.09. The molecule has 36 heavy (non-hydrogen) atoms. The van der Waals surface area contributed by atoms with Gasteiger partial charge in [-0.15, -0.1) is 0 Å². The monoisotopic (exact) mass is 487 g/mol. The van der Waals surface area contributed by atoms with Crippen molar-refractivity contribution >= 4 is 17.4 Å². The molecule has 0 aromatic heterocycles. The van der Waals surface area contributed by atoms with E-state index in [1.165, 1.54) is 12.0 Å². The summed E-state index contributed by atoms with van der Waals surface area (Å²) in [7, 11) is 3.12. The number of rotatable bonds is 10. The van der Waals surface area contributed by atoms with Gasteiger partial charge in [-0.05, 0) is 29.7 Å². The summed E-state index contributed by atoms with van der Waals surface area (Å²) in [5.41, 5.74) is 2.15. The molecule has 0 bridgehead atoms. The van der Waals surface area contributed by atoms with Gasteiger partial charge in [-0.25, -0.2) is 0 Å². The third kappa shape index (κ3) is 5.26. The number of hydrogen-bond acceptors (Lipinski definition) is 6. The van der Waals surface area contributed by atoms with E-state index in [1.54, 1.807) is 49.6 Å². The summed E-state index contributed by atoms with van der Waals surface area (Å²) in [6.07, 6.45) is 0.542. The van der Waals surface area contributed by atoms with Crippen LogP contribution >= 0.6 is 0 Å². The highest BCUT2D eigenvalue weighted by atomic mass is 16.5. The molecule has 4 rings (SSSR count). The molecule has 1 atom stereocenters. The van der Waals surface area contributed by atoms with Crippen LogP contribution in [0.4, 0.5) is 0 Å². The average molecular weight is 488 g/mol. The highest BCUT2D eigenvalue weighted by molar-refractivity contribution is 6.46. The van der Waals surface area contributed by atoms with Crippen molar-refractivity contribution in [3.8, 4) is 11.5 Å². The maximum atomic E-state index is 13.1. The van der Waals surface area contributed by atoms with E-state index < -0.39 is 17.7 Å². The number of hydrogen-bond donors (Lipinski definition) is 1. The van der Waals surface area contributed by atoms with E-state index in [4.69, 9.17) is 14.2 Å². The van der Waals surface area contributed by atoms with Gasteiger partial charge in [0.15, 0.2) is 11.5 Å². The van der Waals surface area contributed by atoms with Crippen LogP contribution < -0.4 is 9.47 Å². The van der Waals surface area contributed by atoms with Crippen LogP contribution in [0, 0.1) is 0 Å². The number of ketones is 1. The molecule has 3 aromatic rings. The van der Waals surface area contributed by atoms with Gasteiger partial charge in [0.05, 0.1) is 18.7 Å². The van der Waals surface area contributed by atoms with E-state index in [-0.39, 0.29) is 11.3 Å². The summed E-state index contributed by atoms with van der Waals surface area (Å²) < 4.78 is 16.7. The zero-order valence-electron chi connectivity index (χ0n) is 20.3. The SMILES string of the molecule is COCCCN1C(=O)C(=O)/C(=C(/O)c2ccccc2)C1c1ccc(OCc2ccccc2)c(OC)c1. The van der Waals surface area contributed by atoms with Crippen molar-refractivity contribution in [2.75, 3.05) is 27.4 Å². The Balaban J connectivity index is 1.73. The third-order valence-corrected chi connectivity index (χ3v) is 6.08. The molecular weight excluding hydrogens is 458 g/mol. The van der Waals surface area contributed by atoms with Crippen molar-refractivity contribution in [2.45, 2.75) is 19.1 Å². The normalized spacial score (nSPS) is 16.8. The Bertz CT molecular complexity index is 1240. The van der Waals surface area contributed by atoms with Crippen LogP contribution in [0.1, 0.15) is 29.2 Å². The zero-order valence-corrected chi connectivity index (χ0v) is 20.3. The number of benzene rings is 3. The second-order valence-electron chi connectivity index (χ2n) is 8.39. The molecule has 7 nitrogen and oxygen atoms in total. The summed E-state index contributed by atoms with van der Waals surface area (Å²) in [4.78, 5) is 27.7. The quantitative estimate of drug-likeness (QED) is 0.193. The van der Waals surface area contributed by atoms with Crippen molar-refractivity contribution in [1.29, 1.82) is 0 Å². The van der Waals surface area contributed by atoms with Gasteiger partial charge in [-0.1, -0.05) is 66.7 Å². The molecule has 7 heteroatoms. The minimum Gasteiger partial charge on any atom is -0.507 e. The van der Waals surface area contributed by atoms with E-state index in [0.717, 1.165) is 5.56 Å². The van der Waals surface area contributed by atoms with Gasteiger partial charge < -0.3 is 24.2 Å². The third-order valence-electron chi connectivity index (χ3n) is 6.08. The maximum absolute atomic E-state index is 13.1. The van der Waals surface area contributed by atoms with Gasteiger partial charge >= 0.3 is 0 Å². The van der Waals surface area contributed by atoms with Crippen LogP contribution in [0.25, 0.3) is 5.76 Å². The average Bonchev–Trinajstić information content (AvgIpc) is 3.17. The van der Waals surface area contributed by atoms with Crippen molar-refractivity contribution in [3.63, 3.8) is 0 Å². The van der Waals surface area contributed by atoms with Crippen LogP contribution in [-0.4, -0.2) is 49.1 Å². The fourth-order valence-corrected chi connectivity index (χ4v) is 4.30. The highest BCUT2D eigenvalue weighted by Crippen LogP contribution is 2.42. The Morgan fingerprint density at radius 2 is 1.61 bits per heavy atom. The number of likely N-dealkylation sites (tertiary alicyclic amines) is 1. The van der Waals surface area contributed by atoms with E-state index >= 15 is 0 Å². The predicted octanol–water partition coefficient (Wildman–Crippen LogP) is 4.73. The fourth-order valence-electron chi connectivity index (χ4n) is 4.30.